The molecule has 0 saturated heterocycles. The van der Waals surface area contributed by atoms with Crippen molar-refractivity contribution in [2.45, 2.75) is 37.8 Å². The van der Waals surface area contributed by atoms with E-state index in [4.69, 9.17) is 5.10 Å². The first-order chi connectivity index (χ1) is 11.7. The van der Waals surface area contributed by atoms with Crippen LogP contribution in [0.4, 0.5) is 5.82 Å². The van der Waals surface area contributed by atoms with Crippen LogP contribution in [0, 0.1) is 0 Å². The number of halogens is 1. The fourth-order valence-electron chi connectivity index (χ4n) is 3.20. The molecule has 2 N–H and O–H groups in total. The van der Waals surface area contributed by atoms with E-state index >= 15 is 0 Å². The molecule has 6 heteroatoms. The highest BCUT2D eigenvalue weighted by molar-refractivity contribution is 9.10. The van der Waals surface area contributed by atoms with Crippen LogP contribution in [-0.2, 0) is 0 Å². The maximum atomic E-state index is 9.63. The molecule has 0 radical (unpaired) electrons. The maximum absolute atomic E-state index is 9.63. The quantitative estimate of drug-likeness (QED) is 0.716. The van der Waals surface area contributed by atoms with Gasteiger partial charge in [0.15, 0.2) is 5.65 Å². The highest BCUT2D eigenvalue weighted by Gasteiger charge is 2.19. The van der Waals surface area contributed by atoms with Crippen molar-refractivity contribution >= 4 is 27.4 Å². The van der Waals surface area contributed by atoms with Crippen molar-refractivity contribution in [3.05, 3.63) is 47.1 Å². The number of hydrogen-bond donors (Lipinski definition) is 2. The Morgan fingerprint density at radius 3 is 2.54 bits per heavy atom. The van der Waals surface area contributed by atoms with Crippen LogP contribution in [0.1, 0.15) is 25.7 Å². The average molecular weight is 387 g/mol. The Hall–Kier alpha value is -1.92. The van der Waals surface area contributed by atoms with E-state index in [2.05, 4.69) is 38.4 Å². The summed E-state index contributed by atoms with van der Waals surface area (Å²) in [5.74, 6) is 0.847. The molecule has 1 aromatic carbocycles. The number of anilines is 1. The predicted octanol–water partition coefficient (Wildman–Crippen LogP) is 3.87. The number of aliphatic hydroxyl groups is 1. The lowest BCUT2D eigenvalue weighted by Crippen LogP contribution is -2.28. The standard InChI is InChI=1S/C18H19BrN4O/c19-13-3-1-12(2-4-13)16-11-20-18-10-9-17(22-23(16)18)21-14-5-7-15(24)8-6-14/h1-4,9-11,14-15,24H,5-8H2,(H,21,22)/t14-,15-. The molecule has 24 heavy (non-hydrogen) atoms. The third kappa shape index (κ3) is 3.16. The van der Waals surface area contributed by atoms with Gasteiger partial charge in [-0.1, -0.05) is 28.1 Å². The van der Waals surface area contributed by atoms with Crippen LogP contribution >= 0.6 is 15.9 Å². The van der Waals surface area contributed by atoms with Gasteiger partial charge in [-0.05, 0) is 49.9 Å². The van der Waals surface area contributed by atoms with Crippen LogP contribution in [0.25, 0.3) is 16.9 Å². The van der Waals surface area contributed by atoms with Crippen LogP contribution < -0.4 is 5.32 Å². The number of nitrogens with zero attached hydrogens (tertiary/aromatic N) is 3. The molecular formula is C18H19BrN4O. The van der Waals surface area contributed by atoms with Crippen molar-refractivity contribution in [2.75, 3.05) is 5.32 Å². The van der Waals surface area contributed by atoms with Gasteiger partial charge in [0.1, 0.15) is 5.82 Å². The van der Waals surface area contributed by atoms with Crippen LogP contribution in [0.3, 0.4) is 0 Å². The first-order valence-corrected chi connectivity index (χ1v) is 9.04. The van der Waals surface area contributed by atoms with Gasteiger partial charge in [-0.2, -0.15) is 0 Å². The van der Waals surface area contributed by atoms with Gasteiger partial charge in [0, 0.05) is 16.1 Å². The van der Waals surface area contributed by atoms with Crippen molar-refractivity contribution in [1.29, 1.82) is 0 Å². The largest absolute Gasteiger partial charge is 0.393 e. The third-order valence-corrected chi connectivity index (χ3v) is 5.08. The fraction of sp³-hybridized carbons (Fsp3) is 0.333. The topological polar surface area (TPSA) is 62.5 Å². The van der Waals surface area contributed by atoms with Crippen molar-refractivity contribution in [3.8, 4) is 11.3 Å². The van der Waals surface area contributed by atoms with E-state index in [1.807, 2.05) is 35.0 Å². The van der Waals surface area contributed by atoms with Crippen molar-refractivity contribution in [2.24, 2.45) is 0 Å². The molecule has 4 rings (SSSR count). The second-order valence-electron chi connectivity index (χ2n) is 6.29. The van der Waals surface area contributed by atoms with E-state index in [9.17, 15) is 5.11 Å². The van der Waals surface area contributed by atoms with Crippen LogP contribution in [0.5, 0.6) is 0 Å². The molecule has 0 unspecified atom stereocenters. The minimum atomic E-state index is -0.142. The summed E-state index contributed by atoms with van der Waals surface area (Å²) in [5, 5.41) is 17.8. The zero-order chi connectivity index (χ0) is 16.5. The molecule has 0 amide bonds. The number of aromatic nitrogens is 3. The van der Waals surface area contributed by atoms with E-state index in [0.717, 1.165) is 52.9 Å². The maximum Gasteiger partial charge on any atom is 0.154 e. The summed E-state index contributed by atoms with van der Waals surface area (Å²) in [6.07, 6.45) is 5.38. The van der Waals surface area contributed by atoms with Gasteiger partial charge < -0.3 is 10.4 Å². The molecule has 2 aromatic heterocycles. The summed E-state index contributed by atoms with van der Waals surface area (Å²) >= 11 is 3.46. The number of aliphatic hydroxyl groups excluding tert-OH is 1. The molecule has 2 heterocycles. The monoisotopic (exact) mass is 386 g/mol. The Morgan fingerprint density at radius 1 is 1.04 bits per heavy atom. The SMILES string of the molecule is O[C@H]1CC[C@H](Nc2ccc3ncc(-c4ccc(Br)cc4)n3n2)CC1. The molecule has 1 fully saturated rings. The fourth-order valence-corrected chi connectivity index (χ4v) is 3.46. The number of imidazole rings is 1. The highest BCUT2D eigenvalue weighted by atomic mass is 79.9. The van der Waals surface area contributed by atoms with Gasteiger partial charge in [-0.15, -0.1) is 5.10 Å². The molecule has 0 bridgehead atoms. The van der Waals surface area contributed by atoms with Gasteiger partial charge in [-0.3, -0.25) is 0 Å². The lowest BCUT2D eigenvalue weighted by Gasteiger charge is -2.26. The Balaban J connectivity index is 1.62. The molecule has 1 aliphatic carbocycles. The summed E-state index contributed by atoms with van der Waals surface area (Å²) in [4.78, 5) is 4.44. The van der Waals surface area contributed by atoms with E-state index in [1.165, 1.54) is 0 Å². The molecule has 124 valence electrons. The Kier molecular flexibility index (Phi) is 4.24. The van der Waals surface area contributed by atoms with Gasteiger partial charge in [0.05, 0.1) is 18.0 Å². The number of nitrogens with one attached hydrogen (secondary N) is 1. The van der Waals surface area contributed by atoms with Gasteiger partial charge >= 0.3 is 0 Å². The lowest BCUT2D eigenvalue weighted by atomic mass is 9.93. The smallest absolute Gasteiger partial charge is 0.154 e. The predicted molar refractivity (Wildman–Crippen MR) is 98.0 cm³/mol. The van der Waals surface area contributed by atoms with Crippen molar-refractivity contribution in [3.63, 3.8) is 0 Å². The second-order valence-corrected chi connectivity index (χ2v) is 7.20. The van der Waals surface area contributed by atoms with Crippen molar-refractivity contribution in [1.82, 2.24) is 14.6 Å². The minimum absolute atomic E-state index is 0.142. The Labute approximate surface area is 148 Å². The van der Waals surface area contributed by atoms with Crippen molar-refractivity contribution < 1.29 is 5.11 Å². The summed E-state index contributed by atoms with van der Waals surface area (Å²) in [7, 11) is 0. The Bertz CT molecular complexity index is 838. The average Bonchev–Trinajstić information content (AvgIpc) is 3.01. The van der Waals surface area contributed by atoms with Gasteiger partial charge in [0.25, 0.3) is 0 Å². The number of benzene rings is 1. The third-order valence-electron chi connectivity index (χ3n) is 4.55. The lowest BCUT2D eigenvalue weighted by molar-refractivity contribution is 0.126. The molecule has 3 aromatic rings. The summed E-state index contributed by atoms with van der Waals surface area (Å²) in [6.45, 7) is 0. The van der Waals surface area contributed by atoms with Crippen LogP contribution in [0.2, 0.25) is 0 Å². The first-order valence-electron chi connectivity index (χ1n) is 8.24. The number of hydrogen-bond acceptors (Lipinski definition) is 4. The molecule has 1 aliphatic rings. The minimum Gasteiger partial charge on any atom is -0.393 e. The first kappa shape index (κ1) is 15.6. The zero-order valence-electron chi connectivity index (χ0n) is 13.2. The summed E-state index contributed by atoms with van der Waals surface area (Å²) < 4.78 is 2.93. The van der Waals surface area contributed by atoms with E-state index < -0.39 is 0 Å². The summed E-state index contributed by atoms with van der Waals surface area (Å²) in [5.41, 5.74) is 2.88. The normalized spacial score (nSPS) is 21.1. The second kappa shape index (κ2) is 6.53. The number of rotatable bonds is 3. The van der Waals surface area contributed by atoms with E-state index in [0.29, 0.717) is 6.04 Å². The molecule has 0 aliphatic heterocycles. The van der Waals surface area contributed by atoms with E-state index in [-0.39, 0.29) is 6.10 Å². The molecule has 1 saturated carbocycles. The molecule has 0 spiro atoms. The summed E-state index contributed by atoms with van der Waals surface area (Å²) in [6, 6.07) is 12.5. The molecule has 5 nitrogen and oxygen atoms in total. The highest BCUT2D eigenvalue weighted by Crippen LogP contribution is 2.24. The zero-order valence-corrected chi connectivity index (χ0v) is 14.8. The molecule has 0 atom stereocenters. The van der Waals surface area contributed by atoms with Crippen LogP contribution in [-0.4, -0.2) is 31.9 Å². The molecular weight excluding hydrogens is 368 g/mol. The van der Waals surface area contributed by atoms with Crippen LogP contribution in [0.15, 0.2) is 47.1 Å². The van der Waals surface area contributed by atoms with Gasteiger partial charge in [0.2, 0.25) is 0 Å². The Morgan fingerprint density at radius 2 is 1.79 bits per heavy atom. The van der Waals surface area contributed by atoms with Gasteiger partial charge in [-0.25, -0.2) is 9.50 Å². The number of fused-ring (bicyclic) bond motifs is 1. The van der Waals surface area contributed by atoms with E-state index in [1.54, 1.807) is 0 Å².